The van der Waals surface area contributed by atoms with Crippen LogP contribution in [0.1, 0.15) is 15.9 Å². The molecule has 0 bridgehead atoms. The Morgan fingerprint density at radius 1 is 0.862 bits per heavy atom. The van der Waals surface area contributed by atoms with Crippen LogP contribution in [0.2, 0.25) is 0 Å². The molecule has 3 aromatic carbocycles. The zero-order valence-electron chi connectivity index (χ0n) is 16.4. The molecule has 150 valence electrons. The first-order chi connectivity index (χ1) is 13.9. The number of nitrogens with zero attached hydrogens (tertiary/aromatic N) is 2. The number of carbonyl (C=O) groups excluding carboxylic acids is 1. The fourth-order valence-corrected chi connectivity index (χ4v) is 4.44. The number of fused-ring (bicyclic) bond motifs is 1. The van der Waals surface area contributed by atoms with Gasteiger partial charge in [-0.3, -0.25) is 9.69 Å². The van der Waals surface area contributed by atoms with E-state index in [4.69, 9.17) is 0 Å². The van der Waals surface area contributed by atoms with Gasteiger partial charge in [0.15, 0.2) is 9.84 Å². The summed E-state index contributed by atoms with van der Waals surface area (Å²) >= 11 is 0. The van der Waals surface area contributed by atoms with Crippen LogP contribution < -0.4 is 0 Å². The van der Waals surface area contributed by atoms with Gasteiger partial charge in [0.1, 0.15) is 0 Å². The van der Waals surface area contributed by atoms with Crippen molar-refractivity contribution in [2.45, 2.75) is 11.4 Å². The first-order valence-corrected chi connectivity index (χ1v) is 11.6. The normalized spacial score (nSPS) is 15.6. The lowest BCUT2D eigenvalue weighted by Crippen LogP contribution is -2.48. The average molecular weight is 409 g/mol. The second-order valence-electron chi connectivity index (χ2n) is 7.50. The van der Waals surface area contributed by atoms with Crippen LogP contribution in [0, 0.1) is 0 Å². The van der Waals surface area contributed by atoms with E-state index in [9.17, 15) is 13.2 Å². The second-order valence-corrected chi connectivity index (χ2v) is 9.52. The molecule has 1 aliphatic rings. The standard InChI is InChI=1S/C23H24N2O3S/c1-29(27,28)21-11-9-19(10-12-21)23(26)25-15-13-24(14-16-25)17-20-7-4-6-18-5-2-3-8-22(18)20/h2-12H,13-17H2,1H3. The number of piperazine rings is 1. The van der Waals surface area contributed by atoms with E-state index in [1.165, 1.54) is 34.7 Å². The molecule has 29 heavy (non-hydrogen) atoms. The Hall–Kier alpha value is -2.70. The topological polar surface area (TPSA) is 57.7 Å². The summed E-state index contributed by atoms with van der Waals surface area (Å²) in [5.41, 5.74) is 1.83. The van der Waals surface area contributed by atoms with E-state index in [0.717, 1.165) is 19.6 Å². The highest BCUT2D eigenvalue weighted by Gasteiger charge is 2.22. The summed E-state index contributed by atoms with van der Waals surface area (Å²) in [6, 6.07) is 21.0. The van der Waals surface area contributed by atoms with Gasteiger partial charge in [0.05, 0.1) is 4.90 Å². The van der Waals surface area contributed by atoms with Crippen molar-refractivity contribution in [1.82, 2.24) is 9.80 Å². The van der Waals surface area contributed by atoms with Crippen LogP contribution in [-0.2, 0) is 16.4 Å². The molecule has 0 N–H and O–H groups in total. The van der Waals surface area contributed by atoms with Crippen molar-refractivity contribution in [3.05, 3.63) is 77.9 Å². The van der Waals surface area contributed by atoms with Crippen LogP contribution in [0.3, 0.4) is 0 Å². The molecule has 5 nitrogen and oxygen atoms in total. The predicted molar refractivity (Wildman–Crippen MR) is 115 cm³/mol. The average Bonchev–Trinajstić information content (AvgIpc) is 2.73. The number of rotatable bonds is 4. The Morgan fingerprint density at radius 3 is 2.21 bits per heavy atom. The van der Waals surface area contributed by atoms with Crippen molar-refractivity contribution in [3.8, 4) is 0 Å². The van der Waals surface area contributed by atoms with Crippen molar-refractivity contribution >= 4 is 26.5 Å². The minimum Gasteiger partial charge on any atom is -0.336 e. The SMILES string of the molecule is CS(=O)(=O)c1ccc(C(=O)N2CCN(Cc3cccc4ccccc34)CC2)cc1. The van der Waals surface area contributed by atoms with E-state index >= 15 is 0 Å². The number of amides is 1. The zero-order chi connectivity index (χ0) is 20.4. The molecular formula is C23H24N2O3S. The maximum absolute atomic E-state index is 12.8. The maximum Gasteiger partial charge on any atom is 0.253 e. The zero-order valence-corrected chi connectivity index (χ0v) is 17.2. The van der Waals surface area contributed by atoms with Gasteiger partial charge in [0.2, 0.25) is 0 Å². The van der Waals surface area contributed by atoms with Gasteiger partial charge < -0.3 is 4.90 Å². The largest absolute Gasteiger partial charge is 0.336 e. The summed E-state index contributed by atoms with van der Waals surface area (Å²) in [7, 11) is -3.25. The summed E-state index contributed by atoms with van der Waals surface area (Å²) in [5, 5.41) is 2.52. The summed E-state index contributed by atoms with van der Waals surface area (Å²) in [5.74, 6) is -0.0464. The molecule has 1 fully saturated rings. The van der Waals surface area contributed by atoms with Gasteiger partial charge in [-0.1, -0.05) is 42.5 Å². The van der Waals surface area contributed by atoms with Crippen LogP contribution in [0.5, 0.6) is 0 Å². The predicted octanol–water partition coefficient (Wildman–Crippen LogP) is 3.20. The number of hydrogen-bond acceptors (Lipinski definition) is 4. The van der Waals surface area contributed by atoms with Crippen molar-refractivity contribution < 1.29 is 13.2 Å². The molecule has 0 atom stereocenters. The van der Waals surface area contributed by atoms with E-state index in [1.807, 2.05) is 4.90 Å². The van der Waals surface area contributed by atoms with Gasteiger partial charge in [-0.05, 0) is 40.6 Å². The molecule has 0 saturated carbocycles. The molecule has 0 spiro atoms. The van der Waals surface area contributed by atoms with Crippen LogP contribution in [0.4, 0.5) is 0 Å². The van der Waals surface area contributed by atoms with Crippen molar-refractivity contribution in [3.63, 3.8) is 0 Å². The van der Waals surface area contributed by atoms with Gasteiger partial charge in [-0.15, -0.1) is 0 Å². The Morgan fingerprint density at radius 2 is 1.52 bits per heavy atom. The first-order valence-electron chi connectivity index (χ1n) is 9.70. The fourth-order valence-electron chi connectivity index (χ4n) is 3.81. The van der Waals surface area contributed by atoms with Crippen LogP contribution in [-0.4, -0.2) is 56.6 Å². The Bertz CT molecular complexity index is 1130. The number of hydrogen-bond donors (Lipinski definition) is 0. The van der Waals surface area contributed by atoms with Crippen LogP contribution >= 0.6 is 0 Å². The van der Waals surface area contributed by atoms with Gasteiger partial charge in [-0.2, -0.15) is 0 Å². The lowest BCUT2D eigenvalue weighted by Gasteiger charge is -2.35. The third-order valence-electron chi connectivity index (χ3n) is 5.46. The number of benzene rings is 3. The smallest absolute Gasteiger partial charge is 0.253 e. The molecule has 0 aliphatic carbocycles. The van der Waals surface area contributed by atoms with E-state index in [-0.39, 0.29) is 10.8 Å². The quantitative estimate of drug-likeness (QED) is 0.665. The summed E-state index contributed by atoms with van der Waals surface area (Å²) < 4.78 is 23.2. The summed E-state index contributed by atoms with van der Waals surface area (Å²) in [4.78, 5) is 17.2. The van der Waals surface area contributed by atoms with Gasteiger partial charge in [0.25, 0.3) is 5.91 Å². The van der Waals surface area contributed by atoms with Crippen LogP contribution in [0.15, 0.2) is 71.6 Å². The number of sulfone groups is 1. The molecule has 1 aliphatic heterocycles. The lowest BCUT2D eigenvalue weighted by atomic mass is 10.0. The maximum atomic E-state index is 12.8. The Balaban J connectivity index is 1.39. The summed E-state index contributed by atoms with van der Waals surface area (Å²) in [6.45, 7) is 3.83. The molecule has 1 amide bonds. The molecule has 0 unspecified atom stereocenters. The molecule has 4 rings (SSSR count). The molecule has 6 heteroatoms. The first kappa shape index (κ1) is 19.6. The lowest BCUT2D eigenvalue weighted by molar-refractivity contribution is 0.0629. The third kappa shape index (κ3) is 4.33. The molecule has 0 aromatic heterocycles. The van der Waals surface area contributed by atoms with E-state index in [1.54, 1.807) is 12.1 Å². The minimum absolute atomic E-state index is 0.0464. The minimum atomic E-state index is -3.25. The second kappa shape index (κ2) is 7.97. The van der Waals surface area contributed by atoms with E-state index in [0.29, 0.717) is 18.7 Å². The van der Waals surface area contributed by atoms with Gasteiger partial charge in [-0.25, -0.2) is 8.42 Å². The fraction of sp³-hybridized carbons (Fsp3) is 0.261. The molecule has 3 aromatic rings. The highest BCUT2D eigenvalue weighted by molar-refractivity contribution is 7.90. The van der Waals surface area contributed by atoms with Gasteiger partial charge in [0, 0.05) is 44.5 Å². The highest BCUT2D eigenvalue weighted by atomic mass is 32.2. The molecule has 1 saturated heterocycles. The van der Waals surface area contributed by atoms with Crippen molar-refractivity contribution in [2.75, 3.05) is 32.4 Å². The third-order valence-corrected chi connectivity index (χ3v) is 6.59. The van der Waals surface area contributed by atoms with E-state index in [2.05, 4.69) is 47.4 Å². The van der Waals surface area contributed by atoms with E-state index < -0.39 is 9.84 Å². The number of carbonyl (C=O) groups is 1. The highest BCUT2D eigenvalue weighted by Crippen LogP contribution is 2.21. The van der Waals surface area contributed by atoms with Crippen molar-refractivity contribution in [1.29, 1.82) is 0 Å². The molecule has 1 heterocycles. The summed E-state index contributed by atoms with van der Waals surface area (Å²) in [6.07, 6.45) is 1.17. The van der Waals surface area contributed by atoms with Crippen molar-refractivity contribution in [2.24, 2.45) is 0 Å². The van der Waals surface area contributed by atoms with Crippen LogP contribution in [0.25, 0.3) is 10.8 Å². The molecular weight excluding hydrogens is 384 g/mol. The Kier molecular flexibility index (Phi) is 5.39. The molecule has 0 radical (unpaired) electrons. The van der Waals surface area contributed by atoms with Gasteiger partial charge >= 0.3 is 0 Å². The Labute approximate surface area is 171 Å². The monoisotopic (exact) mass is 408 g/mol.